The van der Waals surface area contributed by atoms with Gasteiger partial charge in [0.25, 0.3) is 5.56 Å². The summed E-state index contributed by atoms with van der Waals surface area (Å²) in [4.78, 5) is 25.4. The predicted octanol–water partition coefficient (Wildman–Crippen LogP) is 3.67. The van der Waals surface area contributed by atoms with Gasteiger partial charge in [-0.25, -0.2) is 4.79 Å². The summed E-state index contributed by atoms with van der Waals surface area (Å²) in [6.07, 6.45) is 1.10. The highest BCUT2D eigenvalue weighted by Crippen LogP contribution is 2.37. The molecule has 1 atom stereocenters. The SMILES string of the molecule is Cc1ccc(C(I)c2c(C)cc(-n3ncc(=O)[nH]c3=O)cc2I)cc1. The van der Waals surface area contributed by atoms with Crippen LogP contribution in [0.15, 0.2) is 52.2 Å². The van der Waals surface area contributed by atoms with Gasteiger partial charge in [0.05, 0.1) is 9.61 Å². The highest BCUT2D eigenvalue weighted by atomic mass is 127. The second-order valence-corrected chi connectivity index (χ2v) is 8.19. The lowest BCUT2D eigenvalue weighted by Crippen LogP contribution is -2.30. The van der Waals surface area contributed by atoms with Crippen molar-refractivity contribution in [2.45, 2.75) is 17.8 Å². The van der Waals surface area contributed by atoms with E-state index in [1.807, 2.05) is 19.1 Å². The molecular formula is C18H15I2N3O2. The molecule has 0 fully saturated rings. The molecule has 1 aromatic heterocycles. The number of benzene rings is 2. The number of nitrogens with one attached hydrogen (secondary N) is 1. The van der Waals surface area contributed by atoms with Gasteiger partial charge in [-0.05, 0) is 65.3 Å². The lowest BCUT2D eigenvalue weighted by Gasteiger charge is -2.17. The summed E-state index contributed by atoms with van der Waals surface area (Å²) in [6.45, 7) is 4.10. The van der Waals surface area contributed by atoms with Gasteiger partial charge in [-0.3, -0.25) is 9.78 Å². The average Bonchev–Trinajstić information content (AvgIpc) is 2.54. The fourth-order valence-corrected chi connectivity index (χ4v) is 5.51. The molecule has 25 heavy (non-hydrogen) atoms. The lowest BCUT2D eigenvalue weighted by atomic mass is 9.99. The lowest BCUT2D eigenvalue weighted by molar-refractivity contribution is 0.748. The number of hydrogen-bond acceptors (Lipinski definition) is 3. The first-order valence-corrected chi connectivity index (χ1v) is 9.89. The number of rotatable bonds is 3. The van der Waals surface area contributed by atoms with Crippen LogP contribution in [0.4, 0.5) is 0 Å². The number of aromatic nitrogens is 3. The quantitative estimate of drug-likeness (QED) is 0.394. The van der Waals surface area contributed by atoms with Crippen LogP contribution in [0.25, 0.3) is 5.69 Å². The van der Waals surface area contributed by atoms with Crippen LogP contribution in [0.3, 0.4) is 0 Å². The Bertz CT molecular complexity index is 1020. The number of halogens is 2. The third kappa shape index (κ3) is 3.86. The van der Waals surface area contributed by atoms with Crippen molar-refractivity contribution in [2.24, 2.45) is 0 Å². The van der Waals surface area contributed by atoms with Crippen LogP contribution in [-0.4, -0.2) is 14.8 Å². The first-order chi connectivity index (χ1) is 11.9. The van der Waals surface area contributed by atoms with E-state index in [2.05, 4.69) is 86.5 Å². The fourth-order valence-electron chi connectivity index (χ4n) is 2.62. The van der Waals surface area contributed by atoms with Gasteiger partial charge in [-0.1, -0.05) is 52.4 Å². The molecule has 0 radical (unpaired) electrons. The Labute approximate surface area is 171 Å². The summed E-state index contributed by atoms with van der Waals surface area (Å²) in [7, 11) is 0. The molecule has 0 spiro atoms. The van der Waals surface area contributed by atoms with E-state index >= 15 is 0 Å². The normalized spacial score (nSPS) is 12.2. The van der Waals surface area contributed by atoms with Gasteiger partial charge in [0.1, 0.15) is 6.20 Å². The maximum absolute atomic E-state index is 12.0. The Kier molecular flexibility index (Phi) is 5.42. The van der Waals surface area contributed by atoms with Crippen molar-refractivity contribution in [1.82, 2.24) is 14.8 Å². The monoisotopic (exact) mass is 559 g/mol. The van der Waals surface area contributed by atoms with Crippen LogP contribution in [-0.2, 0) is 0 Å². The molecule has 5 nitrogen and oxygen atoms in total. The summed E-state index contributed by atoms with van der Waals surface area (Å²) in [5, 5.41) is 3.93. The average molecular weight is 559 g/mol. The molecule has 1 unspecified atom stereocenters. The smallest absolute Gasteiger partial charge is 0.271 e. The van der Waals surface area contributed by atoms with E-state index in [1.165, 1.54) is 21.4 Å². The minimum atomic E-state index is -0.542. The summed E-state index contributed by atoms with van der Waals surface area (Å²) in [6, 6.07) is 12.3. The molecule has 0 saturated heterocycles. The van der Waals surface area contributed by atoms with Crippen molar-refractivity contribution in [2.75, 3.05) is 0 Å². The van der Waals surface area contributed by atoms with Crippen molar-refractivity contribution >= 4 is 45.2 Å². The highest BCUT2D eigenvalue weighted by molar-refractivity contribution is 14.1. The standard InChI is InChI=1S/C18H15I2N3O2/c1-10-3-5-12(6-4-10)17(20)16-11(2)7-13(8-14(16)19)23-18(25)22-15(24)9-21-23/h3-9,17H,1-2H3,(H,22,24,25). The zero-order valence-corrected chi connectivity index (χ0v) is 17.9. The molecule has 0 amide bonds. The highest BCUT2D eigenvalue weighted by Gasteiger charge is 2.18. The Hall–Kier alpha value is -1.49. The van der Waals surface area contributed by atoms with Crippen molar-refractivity contribution < 1.29 is 0 Å². The van der Waals surface area contributed by atoms with E-state index in [0.29, 0.717) is 5.69 Å². The van der Waals surface area contributed by atoms with Crippen molar-refractivity contribution in [1.29, 1.82) is 0 Å². The number of alkyl halides is 1. The van der Waals surface area contributed by atoms with Crippen LogP contribution in [0.2, 0.25) is 0 Å². The molecule has 0 aliphatic heterocycles. The van der Waals surface area contributed by atoms with Crippen LogP contribution in [0.1, 0.15) is 26.2 Å². The zero-order chi connectivity index (χ0) is 18.1. The molecule has 7 heteroatoms. The Morgan fingerprint density at radius 2 is 1.80 bits per heavy atom. The number of aromatic amines is 1. The van der Waals surface area contributed by atoms with Gasteiger partial charge in [-0.15, -0.1) is 0 Å². The Morgan fingerprint density at radius 3 is 2.40 bits per heavy atom. The van der Waals surface area contributed by atoms with Gasteiger partial charge >= 0.3 is 5.69 Å². The summed E-state index contributed by atoms with van der Waals surface area (Å²) >= 11 is 4.72. The van der Waals surface area contributed by atoms with E-state index in [9.17, 15) is 9.59 Å². The number of hydrogen-bond donors (Lipinski definition) is 1. The van der Waals surface area contributed by atoms with Crippen LogP contribution >= 0.6 is 45.2 Å². The number of H-pyrrole nitrogens is 1. The van der Waals surface area contributed by atoms with Gasteiger partial charge in [0, 0.05) is 3.57 Å². The molecule has 0 aliphatic rings. The van der Waals surface area contributed by atoms with E-state index < -0.39 is 11.2 Å². The van der Waals surface area contributed by atoms with Crippen molar-refractivity contribution in [3.8, 4) is 5.69 Å². The molecule has 0 bridgehead atoms. The zero-order valence-electron chi connectivity index (χ0n) is 13.6. The third-order valence-electron chi connectivity index (χ3n) is 3.90. The number of nitrogens with zero attached hydrogens (tertiary/aromatic N) is 2. The van der Waals surface area contributed by atoms with E-state index in [4.69, 9.17) is 0 Å². The maximum atomic E-state index is 12.0. The van der Waals surface area contributed by atoms with Crippen molar-refractivity contribution in [3.63, 3.8) is 0 Å². The van der Waals surface area contributed by atoms with Gasteiger partial charge in [0.15, 0.2) is 0 Å². The molecule has 128 valence electrons. The largest absolute Gasteiger partial charge is 0.349 e. The molecule has 3 rings (SSSR count). The summed E-state index contributed by atoms with van der Waals surface area (Å²) in [5.41, 5.74) is 4.35. The molecule has 1 heterocycles. The van der Waals surface area contributed by atoms with Gasteiger partial charge in [0.2, 0.25) is 0 Å². The summed E-state index contributed by atoms with van der Waals surface area (Å²) < 4.78 is 2.46. The Balaban J connectivity index is 2.07. The first kappa shape index (κ1) is 18.3. The fraction of sp³-hybridized carbons (Fsp3) is 0.167. The minimum Gasteiger partial charge on any atom is -0.271 e. The second-order valence-electron chi connectivity index (χ2n) is 5.78. The van der Waals surface area contributed by atoms with E-state index in [0.717, 1.165) is 15.3 Å². The van der Waals surface area contributed by atoms with Gasteiger partial charge < -0.3 is 0 Å². The minimum absolute atomic E-state index is 0.208. The van der Waals surface area contributed by atoms with Crippen LogP contribution < -0.4 is 11.2 Å². The third-order valence-corrected chi connectivity index (χ3v) is 6.14. The molecule has 2 aromatic carbocycles. The molecule has 0 saturated carbocycles. The van der Waals surface area contributed by atoms with Crippen LogP contribution in [0, 0.1) is 17.4 Å². The Morgan fingerprint density at radius 1 is 1.12 bits per heavy atom. The molecular weight excluding hydrogens is 544 g/mol. The van der Waals surface area contributed by atoms with E-state index in [-0.39, 0.29) is 3.92 Å². The molecule has 1 N–H and O–H groups in total. The van der Waals surface area contributed by atoms with Crippen LogP contribution in [0.5, 0.6) is 0 Å². The number of aryl methyl sites for hydroxylation is 2. The van der Waals surface area contributed by atoms with Crippen molar-refractivity contribution in [3.05, 3.63) is 89.3 Å². The predicted molar refractivity (Wildman–Crippen MR) is 115 cm³/mol. The van der Waals surface area contributed by atoms with E-state index in [1.54, 1.807) is 0 Å². The second kappa shape index (κ2) is 7.40. The van der Waals surface area contributed by atoms with Gasteiger partial charge in [-0.2, -0.15) is 9.78 Å². The topological polar surface area (TPSA) is 67.8 Å². The maximum Gasteiger partial charge on any atom is 0.349 e. The molecule has 3 aromatic rings. The first-order valence-electron chi connectivity index (χ1n) is 7.56. The summed E-state index contributed by atoms with van der Waals surface area (Å²) in [5.74, 6) is 0. The molecule has 0 aliphatic carbocycles.